The molecule has 1 aliphatic heterocycles. The third-order valence-corrected chi connectivity index (χ3v) is 6.30. The molecular formula is C18H23N3O5S. The molecule has 0 saturated carbocycles. The molecule has 0 aliphatic carbocycles. The molecule has 1 fully saturated rings. The van der Waals surface area contributed by atoms with E-state index in [9.17, 15) is 13.2 Å². The number of hydrogen-bond acceptors (Lipinski definition) is 6. The first kappa shape index (κ1) is 19.2. The Balaban J connectivity index is 1.94. The lowest BCUT2D eigenvalue weighted by Crippen LogP contribution is -2.25. The van der Waals surface area contributed by atoms with Crippen LogP contribution in [0.4, 0.5) is 11.4 Å². The summed E-state index contributed by atoms with van der Waals surface area (Å²) in [7, 11) is -1.89. The molecular weight excluding hydrogens is 370 g/mol. The summed E-state index contributed by atoms with van der Waals surface area (Å²) in [5.41, 5.74) is 1.79. The van der Waals surface area contributed by atoms with Crippen LogP contribution in [-0.2, 0) is 10.0 Å². The van der Waals surface area contributed by atoms with E-state index in [1.807, 2.05) is 13.8 Å². The topological polar surface area (TPSA) is 102 Å². The van der Waals surface area contributed by atoms with Crippen molar-refractivity contribution in [3.8, 4) is 5.75 Å². The van der Waals surface area contributed by atoms with Gasteiger partial charge in [0.1, 0.15) is 11.3 Å². The molecule has 1 aliphatic rings. The largest absolute Gasteiger partial charge is 0.495 e. The van der Waals surface area contributed by atoms with Crippen LogP contribution in [-0.4, -0.2) is 38.9 Å². The number of anilines is 2. The zero-order chi connectivity index (χ0) is 19.8. The van der Waals surface area contributed by atoms with Crippen molar-refractivity contribution in [3.05, 3.63) is 35.2 Å². The summed E-state index contributed by atoms with van der Waals surface area (Å²) >= 11 is 0. The summed E-state index contributed by atoms with van der Waals surface area (Å²) in [6, 6.07) is 4.92. The normalized spacial score (nSPS) is 16.0. The predicted octanol–water partition coefficient (Wildman–Crippen LogP) is 2.91. The van der Waals surface area contributed by atoms with Gasteiger partial charge in [-0.1, -0.05) is 19.0 Å². The van der Waals surface area contributed by atoms with E-state index in [2.05, 4.69) is 10.5 Å². The standard InChI is InChI=1S/C18H23N3O5S/c1-11(2)17-16(12(3)20-26-17)18(22)19-13-6-7-15(25-4)14(10-13)21-8-5-9-27(21,23)24/h6-7,10-11H,5,8-9H2,1-4H3,(H,19,22). The number of hydrogen-bond donors (Lipinski definition) is 1. The highest BCUT2D eigenvalue weighted by molar-refractivity contribution is 7.93. The number of rotatable bonds is 5. The minimum Gasteiger partial charge on any atom is -0.495 e. The summed E-state index contributed by atoms with van der Waals surface area (Å²) in [5, 5.41) is 6.69. The number of sulfonamides is 1. The molecule has 8 nitrogen and oxygen atoms in total. The molecule has 0 unspecified atom stereocenters. The van der Waals surface area contributed by atoms with Crippen LogP contribution in [0.2, 0.25) is 0 Å². The van der Waals surface area contributed by atoms with Gasteiger partial charge in [0, 0.05) is 18.2 Å². The minimum absolute atomic E-state index is 0.00752. The fraction of sp³-hybridized carbons (Fsp3) is 0.444. The van der Waals surface area contributed by atoms with Crippen molar-refractivity contribution in [1.82, 2.24) is 5.16 Å². The molecule has 146 valence electrons. The summed E-state index contributed by atoms with van der Waals surface area (Å²) in [6.45, 7) is 5.93. The van der Waals surface area contributed by atoms with E-state index in [-0.39, 0.29) is 17.6 Å². The van der Waals surface area contributed by atoms with Crippen LogP contribution in [0.1, 0.15) is 48.0 Å². The van der Waals surface area contributed by atoms with Gasteiger partial charge in [-0.15, -0.1) is 0 Å². The van der Waals surface area contributed by atoms with E-state index in [1.54, 1.807) is 25.1 Å². The highest BCUT2D eigenvalue weighted by atomic mass is 32.2. The fourth-order valence-corrected chi connectivity index (χ4v) is 4.69. The zero-order valence-corrected chi connectivity index (χ0v) is 16.6. The Morgan fingerprint density at radius 3 is 2.70 bits per heavy atom. The van der Waals surface area contributed by atoms with Crippen molar-refractivity contribution in [2.24, 2.45) is 0 Å². The van der Waals surface area contributed by atoms with E-state index in [0.717, 1.165) is 0 Å². The first-order chi connectivity index (χ1) is 12.7. The van der Waals surface area contributed by atoms with Gasteiger partial charge in [0.05, 0.1) is 24.2 Å². The van der Waals surface area contributed by atoms with E-state index in [0.29, 0.717) is 47.1 Å². The van der Waals surface area contributed by atoms with Gasteiger partial charge in [0.25, 0.3) is 5.91 Å². The number of amides is 1. The monoisotopic (exact) mass is 393 g/mol. The first-order valence-corrected chi connectivity index (χ1v) is 10.3. The Morgan fingerprint density at radius 2 is 2.11 bits per heavy atom. The maximum atomic E-state index is 12.8. The molecule has 3 rings (SSSR count). The second-order valence-corrected chi connectivity index (χ2v) is 8.76. The summed E-state index contributed by atoms with van der Waals surface area (Å²) in [4.78, 5) is 12.8. The number of nitrogens with one attached hydrogen (secondary N) is 1. The SMILES string of the molecule is COc1ccc(NC(=O)c2c(C)noc2C(C)C)cc1N1CCCS1(=O)=O. The second kappa shape index (κ2) is 7.22. The van der Waals surface area contributed by atoms with Gasteiger partial charge in [-0.25, -0.2) is 8.42 Å². The third kappa shape index (κ3) is 3.64. The lowest BCUT2D eigenvalue weighted by atomic mass is 10.0. The van der Waals surface area contributed by atoms with Gasteiger partial charge in [-0.3, -0.25) is 9.10 Å². The van der Waals surface area contributed by atoms with Crippen LogP contribution in [0.3, 0.4) is 0 Å². The summed E-state index contributed by atoms with van der Waals surface area (Å²) in [6.07, 6.45) is 0.555. The number of benzene rings is 1. The Morgan fingerprint density at radius 1 is 1.37 bits per heavy atom. The molecule has 1 N–H and O–H groups in total. The lowest BCUT2D eigenvalue weighted by Gasteiger charge is -2.20. The molecule has 1 amide bonds. The average molecular weight is 393 g/mol. The Labute approximate surface area is 158 Å². The zero-order valence-electron chi connectivity index (χ0n) is 15.8. The van der Waals surface area contributed by atoms with Crippen LogP contribution in [0.15, 0.2) is 22.7 Å². The maximum absolute atomic E-state index is 12.8. The highest BCUT2D eigenvalue weighted by Gasteiger charge is 2.31. The molecule has 1 aromatic carbocycles. The second-order valence-electron chi connectivity index (χ2n) is 6.74. The smallest absolute Gasteiger partial charge is 0.261 e. The van der Waals surface area contributed by atoms with Crippen molar-refractivity contribution < 1.29 is 22.5 Å². The molecule has 0 radical (unpaired) electrons. The van der Waals surface area contributed by atoms with E-state index < -0.39 is 10.0 Å². The highest BCUT2D eigenvalue weighted by Crippen LogP contribution is 2.35. The van der Waals surface area contributed by atoms with Crippen molar-refractivity contribution in [2.45, 2.75) is 33.1 Å². The quantitative estimate of drug-likeness (QED) is 0.838. The molecule has 9 heteroatoms. The molecule has 1 aromatic heterocycles. The van der Waals surface area contributed by atoms with Gasteiger partial charge in [-0.05, 0) is 31.5 Å². The molecule has 27 heavy (non-hydrogen) atoms. The van der Waals surface area contributed by atoms with Crippen molar-refractivity contribution in [3.63, 3.8) is 0 Å². The maximum Gasteiger partial charge on any atom is 0.261 e. The summed E-state index contributed by atoms with van der Waals surface area (Å²) in [5.74, 6) is 0.707. The lowest BCUT2D eigenvalue weighted by molar-refractivity contribution is 0.102. The van der Waals surface area contributed by atoms with Crippen LogP contribution in [0.25, 0.3) is 0 Å². The van der Waals surface area contributed by atoms with Crippen LogP contribution >= 0.6 is 0 Å². The number of carbonyl (C=O) groups excluding carboxylic acids is 1. The van der Waals surface area contributed by atoms with Crippen molar-refractivity contribution in [1.29, 1.82) is 0 Å². The van der Waals surface area contributed by atoms with Crippen LogP contribution in [0.5, 0.6) is 5.75 Å². The molecule has 1 saturated heterocycles. The third-order valence-electron chi connectivity index (χ3n) is 4.45. The number of aryl methyl sites for hydroxylation is 1. The van der Waals surface area contributed by atoms with Gasteiger partial charge in [0.15, 0.2) is 5.76 Å². The van der Waals surface area contributed by atoms with Gasteiger partial charge in [-0.2, -0.15) is 0 Å². The Hall–Kier alpha value is -2.55. The summed E-state index contributed by atoms with van der Waals surface area (Å²) < 4.78 is 36.5. The molecule has 0 bridgehead atoms. The Kier molecular flexibility index (Phi) is 5.14. The van der Waals surface area contributed by atoms with E-state index in [4.69, 9.17) is 9.26 Å². The number of carbonyl (C=O) groups is 1. The van der Waals surface area contributed by atoms with Gasteiger partial charge < -0.3 is 14.6 Å². The number of aromatic nitrogens is 1. The minimum atomic E-state index is -3.37. The molecule has 0 spiro atoms. The van der Waals surface area contributed by atoms with Crippen LogP contribution < -0.4 is 14.4 Å². The number of methoxy groups -OCH3 is 1. The van der Waals surface area contributed by atoms with E-state index >= 15 is 0 Å². The molecule has 2 heterocycles. The fourth-order valence-electron chi connectivity index (χ4n) is 3.12. The van der Waals surface area contributed by atoms with Gasteiger partial charge in [0.2, 0.25) is 10.0 Å². The molecule has 0 atom stereocenters. The number of nitrogens with zero attached hydrogens (tertiary/aromatic N) is 2. The molecule has 2 aromatic rings. The van der Waals surface area contributed by atoms with Crippen molar-refractivity contribution >= 4 is 27.3 Å². The van der Waals surface area contributed by atoms with Crippen LogP contribution in [0, 0.1) is 6.92 Å². The average Bonchev–Trinajstić information content (AvgIpc) is 3.16. The van der Waals surface area contributed by atoms with Crippen molar-refractivity contribution in [2.75, 3.05) is 29.0 Å². The Bertz CT molecular complexity index is 965. The number of ether oxygens (including phenoxy) is 1. The first-order valence-electron chi connectivity index (χ1n) is 8.70. The predicted molar refractivity (Wildman–Crippen MR) is 102 cm³/mol. The van der Waals surface area contributed by atoms with Gasteiger partial charge >= 0.3 is 0 Å². The van der Waals surface area contributed by atoms with E-state index in [1.165, 1.54) is 11.4 Å².